The normalized spacial score (nSPS) is 15.6. The minimum absolute atomic E-state index is 0.00405. The van der Waals surface area contributed by atoms with E-state index in [1.165, 1.54) is 18.4 Å². The molecular weight excluding hydrogens is 418 g/mol. The lowest BCUT2D eigenvalue weighted by Gasteiger charge is -2.16. The van der Waals surface area contributed by atoms with E-state index in [0.29, 0.717) is 29.8 Å². The van der Waals surface area contributed by atoms with Gasteiger partial charge in [0, 0.05) is 17.8 Å². The van der Waals surface area contributed by atoms with Gasteiger partial charge in [-0.1, -0.05) is 30.3 Å². The summed E-state index contributed by atoms with van der Waals surface area (Å²) in [6.45, 7) is 0.411. The Labute approximate surface area is 177 Å². The van der Waals surface area contributed by atoms with Crippen LogP contribution in [0.1, 0.15) is 21.7 Å². The van der Waals surface area contributed by atoms with E-state index in [9.17, 15) is 18.0 Å². The average Bonchev–Trinajstić information content (AvgIpc) is 3.53. The third-order valence-corrected chi connectivity index (χ3v) is 6.81. The number of hydrogen-bond donors (Lipinski definition) is 0. The number of fused-ring (bicyclic) bond motifs is 1. The van der Waals surface area contributed by atoms with Crippen molar-refractivity contribution in [2.75, 3.05) is 11.4 Å². The summed E-state index contributed by atoms with van der Waals surface area (Å²) in [5.74, 6) is -0.0734. The summed E-state index contributed by atoms with van der Waals surface area (Å²) in [4.78, 5) is 33.5. The summed E-state index contributed by atoms with van der Waals surface area (Å²) < 4.78 is 31.8. The minimum atomic E-state index is -4.10. The lowest BCUT2D eigenvalue weighted by Crippen LogP contribution is -2.28. The molecule has 8 nitrogen and oxygen atoms in total. The molecule has 9 heteroatoms. The molecular formula is C22H15N3O5S. The highest BCUT2D eigenvalue weighted by Gasteiger charge is 2.35. The minimum Gasteiger partial charge on any atom is -0.459 e. The number of carbonyl (C=O) groups excluding carboxylic acids is 2. The molecule has 2 aromatic carbocycles. The third-order valence-electron chi connectivity index (χ3n) is 5.14. The third kappa shape index (κ3) is 3.19. The van der Waals surface area contributed by atoms with Crippen molar-refractivity contribution >= 4 is 38.2 Å². The smallest absolute Gasteiger partial charge is 0.369 e. The second kappa shape index (κ2) is 7.13. The van der Waals surface area contributed by atoms with Crippen molar-refractivity contribution < 1.29 is 22.4 Å². The van der Waals surface area contributed by atoms with Crippen molar-refractivity contribution in [1.29, 1.82) is 0 Å². The fraction of sp³-hybridized carbons (Fsp3) is 0.0909. The molecule has 3 heterocycles. The first-order valence-electron chi connectivity index (χ1n) is 9.46. The van der Waals surface area contributed by atoms with Crippen molar-refractivity contribution in [1.82, 2.24) is 0 Å². The lowest BCUT2D eigenvalue weighted by molar-refractivity contribution is 0.0962. The molecule has 0 bridgehead atoms. The summed E-state index contributed by atoms with van der Waals surface area (Å²) >= 11 is 0. The van der Waals surface area contributed by atoms with Crippen LogP contribution >= 0.6 is 0 Å². The first-order chi connectivity index (χ1) is 14.9. The number of rotatable bonds is 3. The molecule has 0 N–H and O–H groups in total. The predicted molar refractivity (Wildman–Crippen MR) is 114 cm³/mol. The van der Waals surface area contributed by atoms with Crippen LogP contribution in [0.4, 0.5) is 10.5 Å². The molecule has 0 unspecified atom stereocenters. The van der Waals surface area contributed by atoms with Gasteiger partial charge in [0.2, 0.25) is 9.84 Å². The molecule has 0 fully saturated rings. The van der Waals surface area contributed by atoms with Gasteiger partial charge in [0.1, 0.15) is 5.71 Å². The van der Waals surface area contributed by atoms with Crippen molar-refractivity contribution in [2.24, 2.45) is 9.98 Å². The van der Waals surface area contributed by atoms with Crippen molar-refractivity contribution in [3.8, 4) is 0 Å². The second-order valence-corrected chi connectivity index (χ2v) is 8.87. The van der Waals surface area contributed by atoms with Gasteiger partial charge < -0.3 is 9.32 Å². The van der Waals surface area contributed by atoms with Crippen LogP contribution < -0.4 is 4.90 Å². The van der Waals surface area contributed by atoms with Gasteiger partial charge in [-0.05, 0) is 42.3 Å². The van der Waals surface area contributed by atoms with Gasteiger partial charge in [-0.3, -0.25) is 4.79 Å². The first kappa shape index (κ1) is 19.1. The van der Waals surface area contributed by atoms with Gasteiger partial charge in [0.05, 0.1) is 11.2 Å². The second-order valence-electron chi connectivity index (χ2n) is 7.00. The number of amides is 3. The molecule has 0 radical (unpaired) electrons. The van der Waals surface area contributed by atoms with Crippen LogP contribution in [0, 0.1) is 0 Å². The average molecular weight is 433 g/mol. The maximum absolute atomic E-state index is 13.3. The van der Waals surface area contributed by atoms with Gasteiger partial charge >= 0.3 is 6.03 Å². The SMILES string of the molecule is O=C1N=C(c2ccccc2)C(S(=O)(=O)c2ccc3c(c2)CCN3C(=O)c2ccco2)=N1. The zero-order chi connectivity index (χ0) is 21.6. The monoisotopic (exact) mass is 433 g/mol. The van der Waals surface area contributed by atoms with E-state index in [1.807, 2.05) is 0 Å². The van der Waals surface area contributed by atoms with Crippen molar-refractivity contribution in [2.45, 2.75) is 11.3 Å². The Kier molecular flexibility index (Phi) is 4.40. The van der Waals surface area contributed by atoms with E-state index >= 15 is 0 Å². The molecule has 154 valence electrons. The first-order valence-corrected chi connectivity index (χ1v) is 10.9. The maximum Gasteiger partial charge on any atom is 0.369 e. The van der Waals surface area contributed by atoms with Crippen LogP contribution in [0.25, 0.3) is 0 Å². The summed E-state index contributed by atoms with van der Waals surface area (Å²) in [5, 5.41) is -0.370. The summed E-state index contributed by atoms with van der Waals surface area (Å²) in [6.07, 6.45) is 1.92. The van der Waals surface area contributed by atoms with Crippen LogP contribution in [0.15, 0.2) is 86.2 Å². The number of carbonyl (C=O) groups is 2. The van der Waals surface area contributed by atoms with Crippen LogP contribution in [0.2, 0.25) is 0 Å². The molecule has 31 heavy (non-hydrogen) atoms. The molecule has 0 saturated carbocycles. The highest BCUT2D eigenvalue weighted by atomic mass is 32.2. The Morgan fingerprint density at radius 2 is 1.81 bits per heavy atom. The van der Waals surface area contributed by atoms with Crippen molar-refractivity contribution in [3.05, 3.63) is 83.8 Å². The standard InChI is InChI=1S/C22H15N3O5S/c26-21(18-7-4-12-30-18)25-11-10-15-13-16(8-9-17(15)25)31(28,29)20-19(23-22(27)24-20)14-5-2-1-3-6-14/h1-9,12-13H,10-11H2. The Bertz CT molecular complexity index is 1370. The van der Waals surface area contributed by atoms with E-state index in [1.54, 1.807) is 53.4 Å². The van der Waals surface area contributed by atoms with E-state index in [0.717, 1.165) is 0 Å². The maximum atomic E-state index is 13.3. The number of aliphatic imine (C=N–C) groups is 2. The van der Waals surface area contributed by atoms with Gasteiger partial charge in [-0.25, -0.2) is 13.2 Å². The Morgan fingerprint density at radius 3 is 2.55 bits per heavy atom. The van der Waals surface area contributed by atoms with Gasteiger partial charge in [0.25, 0.3) is 5.91 Å². The quantitative estimate of drug-likeness (QED) is 0.630. The molecule has 0 saturated heterocycles. The number of urea groups is 1. The zero-order valence-electron chi connectivity index (χ0n) is 16.1. The molecule has 3 aromatic rings. The molecule has 0 atom stereocenters. The number of hydrogen-bond acceptors (Lipinski definition) is 5. The topological polar surface area (TPSA) is 109 Å². The van der Waals surface area contributed by atoms with Gasteiger partial charge in [-0.15, -0.1) is 0 Å². The molecule has 2 aliphatic rings. The van der Waals surface area contributed by atoms with Crippen LogP contribution in [0.3, 0.4) is 0 Å². The number of sulfone groups is 1. The number of furan rings is 1. The molecule has 1 aromatic heterocycles. The highest BCUT2D eigenvalue weighted by molar-refractivity contribution is 8.08. The van der Waals surface area contributed by atoms with E-state index in [-0.39, 0.29) is 27.3 Å². The number of benzene rings is 2. The van der Waals surface area contributed by atoms with Crippen LogP contribution in [0.5, 0.6) is 0 Å². The fourth-order valence-corrected chi connectivity index (χ4v) is 5.07. The van der Waals surface area contributed by atoms with E-state index in [2.05, 4.69) is 9.98 Å². The largest absolute Gasteiger partial charge is 0.459 e. The molecule has 3 amide bonds. The van der Waals surface area contributed by atoms with Crippen molar-refractivity contribution in [3.63, 3.8) is 0 Å². The predicted octanol–water partition coefficient (Wildman–Crippen LogP) is 3.28. The van der Waals surface area contributed by atoms with Gasteiger partial charge in [-0.2, -0.15) is 9.98 Å². The zero-order valence-corrected chi connectivity index (χ0v) is 16.9. The molecule has 0 spiro atoms. The fourth-order valence-electron chi connectivity index (χ4n) is 3.68. The summed E-state index contributed by atoms with van der Waals surface area (Å²) in [6, 6.07) is 15.5. The summed E-state index contributed by atoms with van der Waals surface area (Å²) in [5.41, 5.74) is 1.86. The number of anilines is 1. The Morgan fingerprint density at radius 1 is 1.00 bits per heavy atom. The highest BCUT2D eigenvalue weighted by Crippen LogP contribution is 2.32. The van der Waals surface area contributed by atoms with Gasteiger partial charge in [0.15, 0.2) is 10.8 Å². The molecule has 5 rings (SSSR count). The summed E-state index contributed by atoms with van der Waals surface area (Å²) in [7, 11) is -4.10. The van der Waals surface area contributed by atoms with E-state index in [4.69, 9.17) is 4.42 Å². The van der Waals surface area contributed by atoms with E-state index < -0.39 is 15.9 Å². The molecule has 2 aliphatic heterocycles. The number of nitrogens with zero attached hydrogens (tertiary/aromatic N) is 3. The van der Waals surface area contributed by atoms with Crippen LogP contribution in [-0.2, 0) is 16.3 Å². The lowest BCUT2D eigenvalue weighted by atomic mass is 10.1. The molecule has 0 aliphatic carbocycles. The van der Waals surface area contributed by atoms with Crippen LogP contribution in [-0.4, -0.2) is 37.7 Å². The Hall–Kier alpha value is -3.85. The Balaban J connectivity index is 1.50.